The molecule has 0 aliphatic heterocycles. The molecule has 0 unspecified atom stereocenters. The molecule has 0 radical (unpaired) electrons. The summed E-state index contributed by atoms with van der Waals surface area (Å²) < 4.78 is 20.6. The van der Waals surface area contributed by atoms with E-state index in [-0.39, 0.29) is 23.1 Å². The van der Waals surface area contributed by atoms with E-state index in [1.165, 1.54) is 10.6 Å². The van der Waals surface area contributed by atoms with Crippen molar-refractivity contribution in [2.45, 2.75) is 20.3 Å². The van der Waals surface area contributed by atoms with Gasteiger partial charge in [-0.1, -0.05) is 31.4 Å². The molecule has 4 nitrogen and oxygen atoms in total. The Kier molecular flexibility index (Phi) is 4.94. The highest BCUT2D eigenvalue weighted by Crippen LogP contribution is 2.29. The maximum absolute atomic E-state index is 14.1. The average Bonchev–Trinajstić information content (AvgIpc) is 2.77. The van der Waals surface area contributed by atoms with E-state index in [9.17, 15) is 9.18 Å². The van der Waals surface area contributed by atoms with Crippen molar-refractivity contribution in [3.63, 3.8) is 0 Å². The van der Waals surface area contributed by atoms with Crippen LogP contribution < -0.4 is 10.4 Å². The molecule has 0 bridgehead atoms. The van der Waals surface area contributed by atoms with Crippen LogP contribution in [0.2, 0.25) is 5.02 Å². The van der Waals surface area contributed by atoms with Crippen molar-refractivity contribution in [2.75, 3.05) is 6.61 Å². The molecule has 1 heterocycles. The first-order chi connectivity index (χ1) is 10.4. The second-order valence-electron chi connectivity index (χ2n) is 5.28. The number of nitrogens with one attached hydrogen (secondary N) is 1. The second kappa shape index (κ2) is 6.71. The predicted octanol–water partition coefficient (Wildman–Crippen LogP) is 3.17. The Bertz CT molecular complexity index is 771. The molecule has 0 saturated heterocycles. The monoisotopic (exact) mass is 322 g/mol. The van der Waals surface area contributed by atoms with Gasteiger partial charge < -0.3 is 9.72 Å². The maximum Gasteiger partial charge on any atom is 0.330 e. The minimum Gasteiger partial charge on any atom is -0.479 e. The third kappa shape index (κ3) is 3.52. The largest absolute Gasteiger partial charge is 0.479 e. The summed E-state index contributed by atoms with van der Waals surface area (Å²) in [6, 6.07) is 2.47. The SMILES string of the molecule is C#CCOc1cc(-n2cc(CC(C)C)[nH]c2=O)c(F)cc1Cl. The van der Waals surface area contributed by atoms with E-state index in [4.69, 9.17) is 22.8 Å². The van der Waals surface area contributed by atoms with Gasteiger partial charge in [0.25, 0.3) is 0 Å². The number of halogens is 2. The number of benzene rings is 1. The van der Waals surface area contributed by atoms with Crippen molar-refractivity contribution in [2.24, 2.45) is 5.92 Å². The molecule has 0 fully saturated rings. The molecule has 1 aromatic heterocycles. The van der Waals surface area contributed by atoms with Crippen LogP contribution in [0.15, 0.2) is 23.1 Å². The topological polar surface area (TPSA) is 47.0 Å². The number of aromatic nitrogens is 2. The molecule has 0 amide bonds. The van der Waals surface area contributed by atoms with Crippen LogP contribution in [0.25, 0.3) is 5.69 Å². The summed E-state index contributed by atoms with van der Waals surface area (Å²) in [5.41, 5.74) is 0.382. The fourth-order valence-electron chi connectivity index (χ4n) is 2.10. The van der Waals surface area contributed by atoms with Gasteiger partial charge in [0, 0.05) is 18.0 Å². The van der Waals surface area contributed by atoms with Crippen LogP contribution in [0.3, 0.4) is 0 Å². The molecule has 2 rings (SSSR count). The molecule has 0 aliphatic carbocycles. The fraction of sp³-hybridized carbons (Fsp3) is 0.312. The third-order valence-corrected chi connectivity index (χ3v) is 3.27. The molecular weight excluding hydrogens is 307 g/mol. The Hall–Kier alpha value is -2.19. The highest BCUT2D eigenvalue weighted by atomic mass is 35.5. The minimum absolute atomic E-state index is 0.00538. The van der Waals surface area contributed by atoms with Gasteiger partial charge in [-0.15, -0.1) is 6.42 Å². The smallest absolute Gasteiger partial charge is 0.330 e. The third-order valence-electron chi connectivity index (χ3n) is 2.97. The quantitative estimate of drug-likeness (QED) is 0.859. The molecule has 6 heteroatoms. The summed E-state index contributed by atoms with van der Waals surface area (Å²) in [5.74, 6) is 2.29. The number of imidazole rings is 1. The van der Waals surface area contributed by atoms with Crippen molar-refractivity contribution in [1.82, 2.24) is 9.55 Å². The number of ether oxygens (including phenoxy) is 1. The van der Waals surface area contributed by atoms with Gasteiger partial charge in [-0.25, -0.2) is 9.18 Å². The van der Waals surface area contributed by atoms with Gasteiger partial charge in [0.05, 0.1) is 10.7 Å². The number of hydrogen-bond acceptors (Lipinski definition) is 2. The Balaban J connectivity index is 2.46. The average molecular weight is 323 g/mol. The van der Waals surface area contributed by atoms with Crippen molar-refractivity contribution >= 4 is 11.6 Å². The fourth-order valence-corrected chi connectivity index (χ4v) is 2.30. The Labute approximate surface area is 132 Å². The summed E-state index contributed by atoms with van der Waals surface area (Å²) in [6.45, 7) is 4.07. The highest BCUT2D eigenvalue weighted by Gasteiger charge is 2.14. The number of terminal acetylenes is 1. The van der Waals surface area contributed by atoms with Crippen molar-refractivity contribution in [3.05, 3.63) is 45.3 Å². The molecule has 1 N–H and O–H groups in total. The standard InChI is InChI=1S/C16H16ClFN2O2/c1-4-5-22-15-8-14(13(18)7-12(15)17)20-9-11(6-10(2)3)19-16(20)21/h1,7-10H,5-6H2,2-3H3,(H,19,21). The second-order valence-corrected chi connectivity index (χ2v) is 5.69. The molecule has 0 saturated carbocycles. The van der Waals surface area contributed by atoms with E-state index in [0.717, 1.165) is 11.8 Å². The Morgan fingerprint density at radius 3 is 2.86 bits per heavy atom. The van der Waals surface area contributed by atoms with Crippen LogP contribution in [-0.2, 0) is 6.42 Å². The van der Waals surface area contributed by atoms with E-state index >= 15 is 0 Å². The lowest BCUT2D eigenvalue weighted by molar-refractivity contribution is 0.369. The zero-order valence-electron chi connectivity index (χ0n) is 12.3. The number of nitrogens with zero attached hydrogens (tertiary/aromatic N) is 1. The first kappa shape index (κ1) is 16.2. The van der Waals surface area contributed by atoms with Crippen LogP contribution in [0, 0.1) is 24.1 Å². The van der Waals surface area contributed by atoms with Gasteiger partial charge >= 0.3 is 5.69 Å². The lowest BCUT2D eigenvalue weighted by atomic mass is 10.1. The van der Waals surface area contributed by atoms with Gasteiger partial charge in [0.1, 0.15) is 18.2 Å². The maximum atomic E-state index is 14.1. The van der Waals surface area contributed by atoms with Crippen molar-refractivity contribution in [1.29, 1.82) is 0 Å². The summed E-state index contributed by atoms with van der Waals surface area (Å²) >= 11 is 5.91. The highest BCUT2D eigenvalue weighted by molar-refractivity contribution is 6.32. The Morgan fingerprint density at radius 2 is 2.23 bits per heavy atom. The number of rotatable bonds is 5. The summed E-state index contributed by atoms with van der Waals surface area (Å²) in [4.78, 5) is 14.7. The predicted molar refractivity (Wildman–Crippen MR) is 84.2 cm³/mol. The zero-order chi connectivity index (χ0) is 16.3. The van der Waals surface area contributed by atoms with Gasteiger partial charge in [-0.2, -0.15) is 0 Å². The first-order valence-corrected chi connectivity index (χ1v) is 7.16. The van der Waals surface area contributed by atoms with E-state index < -0.39 is 11.5 Å². The summed E-state index contributed by atoms with van der Waals surface area (Å²) in [6.07, 6.45) is 7.40. The molecule has 116 valence electrons. The molecular formula is C16H16ClFN2O2. The number of H-pyrrole nitrogens is 1. The first-order valence-electron chi connectivity index (χ1n) is 6.78. The molecule has 1 aromatic carbocycles. The van der Waals surface area contributed by atoms with Gasteiger partial charge in [0.15, 0.2) is 0 Å². The molecule has 0 aliphatic rings. The zero-order valence-corrected chi connectivity index (χ0v) is 13.1. The van der Waals surface area contributed by atoms with Crippen LogP contribution in [0.5, 0.6) is 5.75 Å². The van der Waals surface area contributed by atoms with Gasteiger partial charge in [0.2, 0.25) is 0 Å². The summed E-state index contributed by atoms with van der Waals surface area (Å²) in [7, 11) is 0. The molecule has 2 aromatic rings. The number of aromatic amines is 1. The van der Waals surface area contributed by atoms with Crippen molar-refractivity contribution < 1.29 is 9.13 Å². The van der Waals surface area contributed by atoms with Crippen LogP contribution >= 0.6 is 11.6 Å². The minimum atomic E-state index is -0.616. The Morgan fingerprint density at radius 1 is 1.50 bits per heavy atom. The summed E-state index contributed by atoms with van der Waals surface area (Å²) in [5, 5.41) is 0.0995. The lowest BCUT2D eigenvalue weighted by Crippen LogP contribution is -2.15. The molecule has 0 spiro atoms. The van der Waals surface area contributed by atoms with Crippen LogP contribution in [-0.4, -0.2) is 16.2 Å². The lowest BCUT2D eigenvalue weighted by Gasteiger charge is -2.09. The van der Waals surface area contributed by atoms with E-state index in [1.807, 2.05) is 13.8 Å². The molecule has 22 heavy (non-hydrogen) atoms. The van der Waals surface area contributed by atoms with E-state index in [1.54, 1.807) is 6.20 Å². The van der Waals surface area contributed by atoms with Gasteiger partial charge in [-0.05, 0) is 18.4 Å². The van der Waals surface area contributed by atoms with E-state index in [2.05, 4.69) is 10.9 Å². The van der Waals surface area contributed by atoms with E-state index in [0.29, 0.717) is 12.3 Å². The van der Waals surface area contributed by atoms with Crippen LogP contribution in [0.4, 0.5) is 4.39 Å². The van der Waals surface area contributed by atoms with Gasteiger partial charge in [-0.3, -0.25) is 4.57 Å². The number of hydrogen-bond donors (Lipinski definition) is 1. The van der Waals surface area contributed by atoms with Crippen LogP contribution in [0.1, 0.15) is 19.5 Å². The molecule has 0 atom stereocenters. The normalized spacial score (nSPS) is 10.7. The van der Waals surface area contributed by atoms with Crippen molar-refractivity contribution in [3.8, 4) is 23.8 Å².